The Labute approximate surface area is 124 Å². The number of amides is 1. The van der Waals surface area contributed by atoms with Gasteiger partial charge in [0.2, 0.25) is 0 Å². The predicted octanol–water partition coefficient (Wildman–Crippen LogP) is 1.93. The van der Waals surface area contributed by atoms with Gasteiger partial charge in [-0.2, -0.15) is 5.26 Å². The number of nitrogens with zero attached hydrogens (tertiary/aromatic N) is 1. The minimum atomic E-state index is -1.40. The highest BCUT2D eigenvalue weighted by atomic mass is 19.1. The highest BCUT2D eigenvalue weighted by Gasteiger charge is 2.27. The minimum absolute atomic E-state index is 0.0979. The van der Waals surface area contributed by atoms with Crippen LogP contribution >= 0.6 is 0 Å². The molecule has 0 bridgehead atoms. The van der Waals surface area contributed by atoms with Gasteiger partial charge in [0.1, 0.15) is 29.1 Å². The van der Waals surface area contributed by atoms with Gasteiger partial charge in [0.15, 0.2) is 0 Å². The van der Waals surface area contributed by atoms with Crippen LogP contribution in [0.15, 0.2) is 12.1 Å². The Morgan fingerprint density at radius 1 is 1.32 bits per heavy atom. The molecule has 0 aromatic heterocycles. The molecule has 1 aromatic rings. The number of nitriles is 1. The van der Waals surface area contributed by atoms with Gasteiger partial charge in [-0.1, -0.05) is 0 Å². The van der Waals surface area contributed by atoms with Crippen molar-refractivity contribution in [3.8, 4) is 6.07 Å². The zero-order valence-electron chi connectivity index (χ0n) is 11.8. The minimum Gasteiger partial charge on any atom is -0.467 e. The number of esters is 1. The Balaban J connectivity index is 3.01. The molecule has 5 nitrogen and oxygen atoms in total. The SMILES string of the molecule is COC(=O)[C@@H](C[C@@H](C)C#N)NC(=O)c1c(F)cc(F)cc1F. The molecule has 118 valence electrons. The first-order valence-electron chi connectivity index (χ1n) is 6.23. The lowest BCUT2D eigenvalue weighted by molar-refractivity contribution is -0.143. The van der Waals surface area contributed by atoms with Crippen LogP contribution in [-0.4, -0.2) is 25.0 Å². The fraction of sp³-hybridized carbons (Fsp3) is 0.357. The molecule has 0 aliphatic heterocycles. The van der Waals surface area contributed by atoms with E-state index in [1.807, 2.05) is 6.07 Å². The molecule has 0 saturated carbocycles. The molecule has 22 heavy (non-hydrogen) atoms. The highest BCUT2D eigenvalue weighted by Crippen LogP contribution is 2.16. The molecule has 0 aliphatic rings. The van der Waals surface area contributed by atoms with E-state index in [1.54, 1.807) is 0 Å². The van der Waals surface area contributed by atoms with Crippen molar-refractivity contribution in [1.29, 1.82) is 5.26 Å². The van der Waals surface area contributed by atoms with Gasteiger partial charge in [0.05, 0.1) is 13.2 Å². The molecule has 0 spiro atoms. The third-order valence-corrected chi connectivity index (χ3v) is 2.83. The molecule has 0 fully saturated rings. The Bertz CT molecular complexity index is 605. The van der Waals surface area contributed by atoms with Crippen LogP contribution in [0.3, 0.4) is 0 Å². The topological polar surface area (TPSA) is 79.2 Å². The average molecular weight is 314 g/mol. The summed E-state index contributed by atoms with van der Waals surface area (Å²) in [7, 11) is 1.07. The molecule has 8 heteroatoms. The largest absolute Gasteiger partial charge is 0.467 e. The average Bonchev–Trinajstić information content (AvgIpc) is 2.44. The quantitative estimate of drug-likeness (QED) is 0.842. The molecule has 0 unspecified atom stereocenters. The van der Waals surface area contributed by atoms with Crippen LogP contribution in [0, 0.1) is 34.7 Å². The van der Waals surface area contributed by atoms with Crippen molar-refractivity contribution in [2.45, 2.75) is 19.4 Å². The number of benzene rings is 1. The summed E-state index contributed by atoms with van der Waals surface area (Å²) < 4.78 is 44.3. The first-order chi connectivity index (χ1) is 10.3. The van der Waals surface area contributed by atoms with Gasteiger partial charge in [-0.3, -0.25) is 4.79 Å². The number of ether oxygens (including phenoxy) is 1. The van der Waals surface area contributed by atoms with E-state index < -0.39 is 46.9 Å². The third-order valence-electron chi connectivity index (χ3n) is 2.83. The van der Waals surface area contributed by atoms with Crippen LogP contribution in [0.4, 0.5) is 13.2 Å². The van der Waals surface area contributed by atoms with Crippen molar-refractivity contribution >= 4 is 11.9 Å². The van der Waals surface area contributed by atoms with Gasteiger partial charge in [-0.25, -0.2) is 18.0 Å². The van der Waals surface area contributed by atoms with Gasteiger partial charge in [-0.05, 0) is 13.3 Å². The van der Waals surface area contributed by atoms with E-state index in [2.05, 4.69) is 10.1 Å². The Kier molecular flexibility index (Phi) is 5.92. The first-order valence-corrected chi connectivity index (χ1v) is 6.23. The molecule has 0 saturated heterocycles. The molecule has 1 aromatic carbocycles. The van der Waals surface area contributed by atoms with Crippen molar-refractivity contribution < 1.29 is 27.5 Å². The molecule has 0 radical (unpaired) electrons. The van der Waals surface area contributed by atoms with Crippen LogP contribution in [0.2, 0.25) is 0 Å². The van der Waals surface area contributed by atoms with Gasteiger partial charge in [0.25, 0.3) is 5.91 Å². The first kappa shape index (κ1) is 17.5. The van der Waals surface area contributed by atoms with E-state index in [1.165, 1.54) is 6.92 Å². The molecule has 1 N–H and O–H groups in total. The summed E-state index contributed by atoms with van der Waals surface area (Å²) in [6.45, 7) is 1.50. The number of hydrogen-bond donors (Lipinski definition) is 1. The standard InChI is InChI=1S/C14H13F3N2O3/c1-7(6-18)3-11(14(21)22-2)19-13(20)12-9(16)4-8(15)5-10(12)17/h4-5,7,11H,3H2,1-2H3,(H,19,20)/t7-,11-/m1/s1. The third kappa shape index (κ3) is 4.22. The fourth-order valence-corrected chi connectivity index (χ4v) is 1.75. The smallest absolute Gasteiger partial charge is 0.328 e. The molecule has 2 atom stereocenters. The number of methoxy groups -OCH3 is 1. The van der Waals surface area contributed by atoms with E-state index >= 15 is 0 Å². The lowest BCUT2D eigenvalue weighted by Gasteiger charge is -2.17. The number of halogens is 3. The maximum Gasteiger partial charge on any atom is 0.328 e. The van der Waals surface area contributed by atoms with E-state index in [4.69, 9.17) is 5.26 Å². The number of rotatable bonds is 5. The van der Waals surface area contributed by atoms with Gasteiger partial charge in [0, 0.05) is 18.1 Å². The molecule has 0 aliphatic carbocycles. The summed E-state index contributed by atoms with van der Waals surface area (Å²) in [5.74, 6) is -6.67. The normalized spacial score (nSPS) is 12.9. The van der Waals surface area contributed by atoms with Crippen molar-refractivity contribution in [3.63, 3.8) is 0 Å². The van der Waals surface area contributed by atoms with Gasteiger partial charge >= 0.3 is 5.97 Å². The molecule has 1 amide bonds. The Hall–Kier alpha value is -2.56. The molecule has 1 rings (SSSR count). The van der Waals surface area contributed by atoms with Crippen LogP contribution < -0.4 is 5.32 Å². The zero-order valence-corrected chi connectivity index (χ0v) is 11.8. The van der Waals surface area contributed by atoms with E-state index in [9.17, 15) is 22.8 Å². The molecular formula is C14H13F3N2O3. The number of carbonyl (C=O) groups excluding carboxylic acids is 2. The maximum atomic E-state index is 13.5. The van der Waals surface area contributed by atoms with Crippen LogP contribution in [0.1, 0.15) is 23.7 Å². The zero-order chi connectivity index (χ0) is 16.9. The van der Waals surface area contributed by atoms with Gasteiger partial charge in [-0.15, -0.1) is 0 Å². The van der Waals surface area contributed by atoms with Crippen LogP contribution in [0.25, 0.3) is 0 Å². The van der Waals surface area contributed by atoms with Crippen molar-refractivity contribution in [1.82, 2.24) is 5.32 Å². The summed E-state index contributed by atoms with van der Waals surface area (Å²) in [5.41, 5.74) is -1.01. The highest BCUT2D eigenvalue weighted by molar-refractivity contribution is 5.97. The number of nitrogens with one attached hydrogen (secondary N) is 1. The molecule has 0 heterocycles. The lowest BCUT2D eigenvalue weighted by Crippen LogP contribution is -2.43. The van der Waals surface area contributed by atoms with Crippen LogP contribution in [-0.2, 0) is 9.53 Å². The van der Waals surface area contributed by atoms with E-state index in [0.717, 1.165) is 7.11 Å². The maximum absolute atomic E-state index is 13.5. The van der Waals surface area contributed by atoms with Crippen molar-refractivity contribution in [3.05, 3.63) is 35.1 Å². The second kappa shape index (κ2) is 7.45. The Morgan fingerprint density at radius 2 is 1.86 bits per heavy atom. The predicted molar refractivity (Wildman–Crippen MR) is 69.0 cm³/mol. The lowest BCUT2D eigenvalue weighted by atomic mass is 10.0. The Morgan fingerprint density at radius 3 is 2.32 bits per heavy atom. The van der Waals surface area contributed by atoms with E-state index in [-0.39, 0.29) is 6.42 Å². The van der Waals surface area contributed by atoms with E-state index in [0.29, 0.717) is 12.1 Å². The summed E-state index contributed by atoms with van der Waals surface area (Å²) in [4.78, 5) is 23.5. The summed E-state index contributed by atoms with van der Waals surface area (Å²) >= 11 is 0. The number of hydrogen-bond acceptors (Lipinski definition) is 4. The second-order valence-corrected chi connectivity index (χ2v) is 4.56. The number of carbonyl (C=O) groups is 2. The van der Waals surface area contributed by atoms with Crippen molar-refractivity contribution in [2.75, 3.05) is 7.11 Å². The van der Waals surface area contributed by atoms with Crippen molar-refractivity contribution in [2.24, 2.45) is 5.92 Å². The summed E-state index contributed by atoms with van der Waals surface area (Å²) in [6, 6.07) is 1.31. The second-order valence-electron chi connectivity index (χ2n) is 4.56. The fourth-order valence-electron chi connectivity index (χ4n) is 1.75. The summed E-state index contributed by atoms with van der Waals surface area (Å²) in [5, 5.41) is 10.8. The molecular weight excluding hydrogens is 301 g/mol. The monoisotopic (exact) mass is 314 g/mol. The summed E-state index contributed by atoms with van der Waals surface area (Å²) in [6.07, 6.45) is -0.0979. The van der Waals surface area contributed by atoms with Gasteiger partial charge < -0.3 is 10.1 Å². The van der Waals surface area contributed by atoms with Crippen LogP contribution in [0.5, 0.6) is 0 Å².